The number of amides is 2. The van der Waals surface area contributed by atoms with Gasteiger partial charge in [-0.05, 0) is 35.7 Å². The largest absolute Gasteiger partial charge is 0.434 e. The summed E-state index contributed by atoms with van der Waals surface area (Å²) in [4.78, 5) is 28.5. The molecule has 1 fully saturated rings. The molecule has 2 aromatic rings. The molecule has 2 amide bonds. The lowest BCUT2D eigenvalue weighted by molar-refractivity contribution is -0.137. The maximum atomic E-state index is 12.8. The Balaban J connectivity index is 1.55. The monoisotopic (exact) mass is 470 g/mol. The highest BCUT2D eigenvalue weighted by Crippen LogP contribution is 2.31. The average Bonchev–Trinajstić information content (AvgIpc) is 2.78. The number of para-hydroxylation sites is 1. The molecule has 0 N–H and O–H groups in total. The van der Waals surface area contributed by atoms with Crippen molar-refractivity contribution in [2.75, 3.05) is 26.2 Å². The minimum Gasteiger partial charge on any atom is -0.434 e. The predicted octanol–water partition coefficient (Wildman–Crippen LogP) is 4.79. The zero-order valence-electron chi connectivity index (χ0n) is 17.8. The van der Waals surface area contributed by atoms with Crippen molar-refractivity contribution in [1.82, 2.24) is 9.80 Å². The summed E-state index contributed by atoms with van der Waals surface area (Å²) in [6.07, 6.45) is -4.30. The van der Waals surface area contributed by atoms with E-state index in [1.807, 2.05) is 0 Å². The lowest BCUT2D eigenvalue weighted by atomic mass is 9.96. The number of halogens is 5. The molecule has 10 heteroatoms. The molecule has 3 rings (SSSR count). The molecule has 2 aromatic carbocycles. The molecule has 0 aromatic heterocycles. The summed E-state index contributed by atoms with van der Waals surface area (Å²) < 4.78 is 67.8. The summed E-state index contributed by atoms with van der Waals surface area (Å²) in [6, 6.07) is 10.5. The molecule has 1 aliphatic rings. The van der Waals surface area contributed by atoms with E-state index in [0.29, 0.717) is 5.56 Å². The molecule has 178 valence electrons. The number of alkyl halides is 5. The van der Waals surface area contributed by atoms with Crippen LogP contribution in [0.15, 0.2) is 48.5 Å². The fourth-order valence-corrected chi connectivity index (χ4v) is 3.68. The maximum Gasteiger partial charge on any atom is 0.416 e. The number of hydrogen-bond donors (Lipinski definition) is 0. The van der Waals surface area contributed by atoms with E-state index in [-0.39, 0.29) is 55.7 Å². The van der Waals surface area contributed by atoms with Crippen molar-refractivity contribution in [1.29, 1.82) is 0 Å². The summed E-state index contributed by atoms with van der Waals surface area (Å²) >= 11 is 0. The van der Waals surface area contributed by atoms with Gasteiger partial charge in [-0.15, -0.1) is 0 Å². The lowest BCUT2D eigenvalue weighted by Gasteiger charge is -2.35. The molecule has 0 bridgehead atoms. The van der Waals surface area contributed by atoms with Crippen LogP contribution in [0.25, 0.3) is 0 Å². The highest BCUT2D eigenvalue weighted by atomic mass is 19.4. The fourth-order valence-electron chi connectivity index (χ4n) is 3.68. The number of ether oxygens (including phenoxy) is 1. The van der Waals surface area contributed by atoms with Gasteiger partial charge in [-0.2, -0.15) is 22.0 Å². The second-order valence-electron chi connectivity index (χ2n) is 7.77. The van der Waals surface area contributed by atoms with Crippen LogP contribution in [0.1, 0.15) is 40.7 Å². The van der Waals surface area contributed by atoms with Gasteiger partial charge in [-0.1, -0.05) is 31.2 Å². The van der Waals surface area contributed by atoms with Gasteiger partial charge in [-0.25, -0.2) is 0 Å². The molecule has 0 spiro atoms. The van der Waals surface area contributed by atoms with Crippen LogP contribution in [0.5, 0.6) is 5.75 Å². The number of nitrogens with zero attached hydrogens (tertiary/aromatic N) is 2. The Morgan fingerprint density at radius 3 is 2.09 bits per heavy atom. The Kier molecular flexibility index (Phi) is 7.55. The smallest absolute Gasteiger partial charge is 0.416 e. The molecule has 5 nitrogen and oxygen atoms in total. The van der Waals surface area contributed by atoms with Gasteiger partial charge in [0.25, 0.3) is 5.91 Å². The predicted molar refractivity (Wildman–Crippen MR) is 110 cm³/mol. The zero-order chi connectivity index (χ0) is 24.2. The van der Waals surface area contributed by atoms with Crippen LogP contribution < -0.4 is 4.74 Å². The van der Waals surface area contributed by atoms with E-state index >= 15 is 0 Å². The van der Waals surface area contributed by atoms with Crippen LogP contribution in [0.4, 0.5) is 22.0 Å². The van der Waals surface area contributed by atoms with Gasteiger partial charge in [0, 0.05) is 32.6 Å². The van der Waals surface area contributed by atoms with Crippen LogP contribution in [0, 0.1) is 0 Å². The molecule has 0 aliphatic carbocycles. The van der Waals surface area contributed by atoms with Crippen molar-refractivity contribution in [3.8, 4) is 5.75 Å². The minimum absolute atomic E-state index is 0.0218. The summed E-state index contributed by atoms with van der Waals surface area (Å²) in [5, 5.41) is 0. The normalized spacial score (nSPS) is 15.5. The van der Waals surface area contributed by atoms with E-state index < -0.39 is 24.3 Å². The number of benzene rings is 2. The van der Waals surface area contributed by atoms with Gasteiger partial charge in [0.15, 0.2) is 0 Å². The summed E-state index contributed by atoms with van der Waals surface area (Å²) in [5.74, 6) is -1.12. The third kappa shape index (κ3) is 6.21. The first-order valence-corrected chi connectivity index (χ1v) is 10.3. The van der Waals surface area contributed by atoms with Crippen molar-refractivity contribution < 1.29 is 36.3 Å². The number of hydrogen-bond acceptors (Lipinski definition) is 3. The Morgan fingerprint density at radius 2 is 1.52 bits per heavy atom. The summed E-state index contributed by atoms with van der Waals surface area (Å²) in [6.45, 7) is -0.310. The molecule has 1 heterocycles. The van der Waals surface area contributed by atoms with Gasteiger partial charge in [0.1, 0.15) is 5.75 Å². The molecule has 0 saturated carbocycles. The van der Waals surface area contributed by atoms with Crippen LogP contribution >= 0.6 is 0 Å². The lowest BCUT2D eigenvalue weighted by Crippen LogP contribution is -2.50. The molecule has 1 saturated heterocycles. The fraction of sp³-hybridized carbons (Fsp3) is 0.391. The first kappa shape index (κ1) is 24.5. The molecular weight excluding hydrogens is 447 g/mol. The molecule has 1 atom stereocenters. The minimum atomic E-state index is -4.42. The highest BCUT2D eigenvalue weighted by molar-refractivity contribution is 5.97. The van der Waals surface area contributed by atoms with E-state index in [4.69, 9.17) is 0 Å². The molecule has 1 unspecified atom stereocenters. The van der Waals surface area contributed by atoms with E-state index in [1.54, 1.807) is 17.9 Å². The third-order valence-corrected chi connectivity index (χ3v) is 5.54. The van der Waals surface area contributed by atoms with E-state index in [1.165, 1.54) is 35.2 Å². The molecule has 1 aliphatic heterocycles. The Bertz CT molecular complexity index is 971. The van der Waals surface area contributed by atoms with Crippen molar-refractivity contribution in [2.45, 2.75) is 32.1 Å². The molecule has 33 heavy (non-hydrogen) atoms. The van der Waals surface area contributed by atoms with Crippen molar-refractivity contribution in [2.24, 2.45) is 0 Å². The Labute approximate surface area is 187 Å². The van der Waals surface area contributed by atoms with Crippen LogP contribution in [0.2, 0.25) is 0 Å². The number of piperazine rings is 1. The Morgan fingerprint density at radius 1 is 0.939 bits per heavy atom. The average molecular weight is 470 g/mol. The van der Waals surface area contributed by atoms with Crippen LogP contribution in [-0.2, 0) is 11.0 Å². The van der Waals surface area contributed by atoms with Gasteiger partial charge in [0.05, 0.1) is 11.1 Å². The summed E-state index contributed by atoms with van der Waals surface area (Å²) in [5.41, 5.74) is -0.0969. The van der Waals surface area contributed by atoms with Gasteiger partial charge in [0.2, 0.25) is 5.91 Å². The topological polar surface area (TPSA) is 49.9 Å². The van der Waals surface area contributed by atoms with Crippen molar-refractivity contribution >= 4 is 11.8 Å². The maximum absolute atomic E-state index is 12.8. The summed E-state index contributed by atoms with van der Waals surface area (Å²) in [7, 11) is 0. The second kappa shape index (κ2) is 10.2. The van der Waals surface area contributed by atoms with E-state index in [9.17, 15) is 31.5 Å². The van der Waals surface area contributed by atoms with E-state index in [2.05, 4.69) is 4.74 Å². The quantitative estimate of drug-likeness (QED) is 0.571. The standard InChI is InChI=1S/C23H23F5N2O3/c1-15(16-6-8-17(9-7-16)23(26,27)28)14-20(31)29-10-12-30(13-11-29)21(32)18-4-2-3-5-19(18)33-22(24)25/h2-9,15,22H,10-14H2,1H3. The molecular formula is C23H23F5N2O3. The van der Waals surface area contributed by atoms with Crippen molar-refractivity contribution in [3.63, 3.8) is 0 Å². The third-order valence-electron chi connectivity index (χ3n) is 5.54. The van der Waals surface area contributed by atoms with Crippen LogP contribution in [-0.4, -0.2) is 54.4 Å². The first-order valence-electron chi connectivity index (χ1n) is 10.3. The number of rotatable bonds is 6. The molecule has 0 radical (unpaired) electrons. The van der Waals surface area contributed by atoms with Gasteiger partial charge in [-0.3, -0.25) is 9.59 Å². The van der Waals surface area contributed by atoms with Crippen LogP contribution in [0.3, 0.4) is 0 Å². The van der Waals surface area contributed by atoms with Gasteiger partial charge < -0.3 is 14.5 Å². The van der Waals surface area contributed by atoms with E-state index in [0.717, 1.165) is 12.1 Å². The first-order chi connectivity index (χ1) is 15.6. The highest BCUT2D eigenvalue weighted by Gasteiger charge is 2.31. The number of carbonyl (C=O) groups is 2. The number of carbonyl (C=O) groups excluding carboxylic acids is 2. The SMILES string of the molecule is CC(CC(=O)N1CCN(C(=O)c2ccccc2OC(F)F)CC1)c1ccc(C(F)(F)F)cc1. The second-order valence-corrected chi connectivity index (χ2v) is 7.77. The van der Waals surface area contributed by atoms with Crippen molar-refractivity contribution in [3.05, 3.63) is 65.2 Å². The zero-order valence-corrected chi connectivity index (χ0v) is 17.8. The Hall–Kier alpha value is -3.17. The van der Waals surface area contributed by atoms with Gasteiger partial charge >= 0.3 is 12.8 Å².